The minimum absolute atomic E-state index is 0.718. The molecule has 0 amide bonds. The van der Waals surface area contributed by atoms with E-state index in [0.29, 0.717) is 0 Å². The van der Waals surface area contributed by atoms with E-state index >= 15 is 0 Å². The number of piperidine rings is 1. The molecule has 0 saturated carbocycles. The van der Waals surface area contributed by atoms with Crippen LogP contribution in [0.4, 0.5) is 0 Å². The Morgan fingerprint density at radius 3 is 2.89 bits per heavy atom. The van der Waals surface area contributed by atoms with Crippen molar-refractivity contribution in [3.8, 4) is 0 Å². The fourth-order valence-corrected chi connectivity index (χ4v) is 2.21. The van der Waals surface area contributed by atoms with Gasteiger partial charge in [0.25, 0.3) is 0 Å². The summed E-state index contributed by atoms with van der Waals surface area (Å²) in [5, 5.41) is 0. The van der Waals surface area contributed by atoms with Gasteiger partial charge in [-0.1, -0.05) is 20.3 Å². The Morgan fingerprint density at radius 1 is 1.39 bits per heavy atom. The molecule has 2 N–H and O–H groups in total. The maximum atomic E-state index is 6.01. The van der Waals surface area contributed by atoms with E-state index in [1.807, 2.05) is 0 Å². The first kappa shape index (κ1) is 15.3. The van der Waals surface area contributed by atoms with E-state index in [4.69, 9.17) is 10.5 Å². The van der Waals surface area contributed by atoms with Gasteiger partial charge in [0.15, 0.2) is 5.96 Å². The lowest BCUT2D eigenvalue weighted by Crippen LogP contribution is -2.43. The predicted molar refractivity (Wildman–Crippen MR) is 76.8 cm³/mol. The Labute approximate surface area is 112 Å². The third-order valence-corrected chi connectivity index (χ3v) is 3.34. The van der Waals surface area contributed by atoms with Crippen molar-refractivity contribution in [3.63, 3.8) is 0 Å². The van der Waals surface area contributed by atoms with E-state index in [1.54, 1.807) is 0 Å². The summed E-state index contributed by atoms with van der Waals surface area (Å²) in [6.45, 7) is 9.03. The van der Waals surface area contributed by atoms with Gasteiger partial charge in [-0.05, 0) is 31.6 Å². The predicted octanol–water partition coefficient (Wildman–Crippen LogP) is 2.24. The van der Waals surface area contributed by atoms with Crippen LogP contribution in [0.2, 0.25) is 0 Å². The summed E-state index contributed by atoms with van der Waals surface area (Å²) in [6.07, 6.45) is 5.86. The zero-order valence-corrected chi connectivity index (χ0v) is 12.0. The fourth-order valence-electron chi connectivity index (χ4n) is 2.21. The molecule has 1 saturated heterocycles. The van der Waals surface area contributed by atoms with Gasteiger partial charge in [-0.25, -0.2) is 0 Å². The molecule has 1 aliphatic rings. The molecule has 106 valence electrons. The largest absolute Gasteiger partial charge is 0.381 e. The third kappa shape index (κ3) is 6.24. The van der Waals surface area contributed by atoms with Gasteiger partial charge < -0.3 is 15.4 Å². The van der Waals surface area contributed by atoms with Crippen LogP contribution in [0.15, 0.2) is 4.99 Å². The van der Waals surface area contributed by atoms with E-state index in [0.717, 1.165) is 57.6 Å². The van der Waals surface area contributed by atoms with Crippen LogP contribution >= 0.6 is 0 Å². The second-order valence-electron chi connectivity index (χ2n) is 5.25. The summed E-state index contributed by atoms with van der Waals surface area (Å²) in [4.78, 5) is 6.65. The second kappa shape index (κ2) is 9.20. The minimum Gasteiger partial charge on any atom is -0.381 e. The van der Waals surface area contributed by atoms with Crippen molar-refractivity contribution in [2.24, 2.45) is 16.6 Å². The van der Waals surface area contributed by atoms with Gasteiger partial charge >= 0.3 is 0 Å². The molecule has 1 atom stereocenters. The molecule has 0 aliphatic carbocycles. The molecule has 1 rings (SSSR count). The van der Waals surface area contributed by atoms with Crippen molar-refractivity contribution in [2.75, 3.05) is 32.8 Å². The van der Waals surface area contributed by atoms with Crippen molar-refractivity contribution >= 4 is 5.96 Å². The first-order valence-electron chi connectivity index (χ1n) is 7.36. The van der Waals surface area contributed by atoms with Crippen LogP contribution < -0.4 is 5.73 Å². The van der Waals surface area contributed by atoms with Gasteiger partial charge in [0.1, 0.15) is 0 Å². The van der Waals surface area contributed by atoms with Gasteiger partial charge in [0.2, 0.25) is 0 Å². The van der Waals surface area contributed by atoms with Crippen LogP contribution in [-0.2, 0) is 4.74 Å². The highest BCUT2D eigenvalue weighted by Crippen LogP contribution is 2.14. The molecule has 4 heteroatoms. The first-order chi connectivity index (χ1) is 8.74. The van der Waals surface area contributed by atoms with Crippen molar-refractivity contribution < 1.29 is 4.74 Å². The topological polar surface area (TPSA) is 50.9 Å². The molecule has 0 aromatic heterocycles. The maximum absolute atomic E-state index is 6.01. The van der Waals surface area contributed by atoms with Crippen LogP contribution in [0.5, 0.6) is 0 Å². The number of likely N-dealkylation sites (tertiary alicyclic amines) is 1. The Bertz CT molecular complexity index is 243. The lowest BCUT2D eigenvalue weighted by Gasteiger charge is -2.31. The van der Waals surface area contributed by atoms with Crippen molar-refractivity contribution in [1.29, 1.82) is 0 Å². The van der Waals surface area contributed by atoms with E-state index in [9.17, 15) is 0 Å². The maximum Gasteiger partial charge on any atom is 0.191 e. The molecule has 0 bridgehead atoms. The fraction of sp³-hybridized carbons (Fsp3) is 0.929. The van der Waals surface area contributed by atoms with Gasteiger partial charge in [-0.15, -0.1) is 0 Å². The van der Waals surface area contributed by atoms with Crippen LogP contribution in [0.1, 0.15) is 46.0 Å². The van der Waals surface area contributed by atoms with Crippen LogP contribution in [0.3, 0.4) is 0 Å². The Hall–Kier alpha value is -0.770. The van der Waals surface area contributed by atoms with Gasteiger partial charge in [0.05, 0.1) is 0 Å². The lowest BCUT2D eigenvalue weighted by molar-refractivity contribution is 0.130. The van der Waals surface area contributed by atoms with E-state index in [2.05, 4.69) is 23.7 Å². The summed E-state index contributed by atoms with van der Waals surface area (Å²) < 4.78 is 5.49. The normalized spacial score (nSPS) is 21.3. The quantitative estimate of drug-likeness (QED) is 0.431. The first-order valence-corrected chi connectivity index (χ1v) is 7.36. The standard InChI is InChI=1S/C14H29N3O/c1-3-4-10-18-11-6-8-16-14(15)17-9-5-7-13(2)12-17/h13H,3-12H2,1-2H3,(H2,15,16). The zero-order valence-electron chi connectivity index (χ0n) is 12.0. The molecular weight excluding hydrogens is 226 g/mol. The number of nitrogens with two attached hydrogens (primary N) is 1. The van der Waals surface area contributed by atoms with Gasteiger partial charge in [0, 0.05) is 32.8 Å². The Kier molecular flexibility index (Phi) is 7.81. The molecule has 0 spiro atoms. The molecule has 0 aromatic rings. The molecule has 1 fully saturated rings. The highest BCUT2D eigenvalue weighted by Gasteiger charge is 2.17. The monoisotopic (exact) mass is 255 g/mol. The summed E-state index contributed by atoms with van der Waals surface area (Å²) in [7, 11) is 0. The van der Waals surface area contributed by atoms with Crippen LogP contribution in [0, 0.1) is 5.92 Å². The molecule has 1 aliphatic heterocycles. The smallest absolute Gasteiger partial charge is 0.191 e. The lowest BCUT2D eigenvalue weighted by atomic mass is 10.0. The molecule has 0 aromatic carbocycles. The van der Waals surface area contributed by atoms with Gasteiger partial charge in [-0.3, -0.25) is 4.99 Å². The Morgan fingerprint density at radius 2 is 2.17 bits per heavy atom. The minimum atomic E-state index is 0.718. The van der Waals surface area contributed by atoms with Crippen LogP contribution in [-0.4, -0.2) is 43.7 Å². The van der Waals surface area contributed by atoms with E-state index in [1.165, 1.54) is 19.3 Å². The molecule has 18 heavy (non-hydrogen) atoms. The molecular formula is C14H29N3O. The number of aliphatic imine (C=N–C) groups is 1. The van der Waals surface area contributed by atoms with E-state index < -0.39 is 0 Å². The number of hydrogen-bond acceptors (Lipinski definition) is 2. The third-order valence-electron chi connectivity index (χ3n) is 3.34. The highest BCUT2D eigenvalue weighted by molar-refractivity contribution is 5.78. The number of nitrogens with zero attached hydrogens (tertiary/aromatic N) is 2. The number of ether oxygens (including phenoxy) is 1. The molecule has 4 nitrogen and oxygen atoms in total. The second-order valence-corrected chi connectivity index (χ2v) is 5.25. The molecule has 1 heterocycles. The van der Waals surface area contributed by atoms with E-state index in [-0.39, 0.29) is 0 Å². The number of hydrogen-bond donors (Lipinski definition) is 1. The SMILES string of the molecule is CCCCOCCCN=C(N)N1CCCC(C)C1. The average molecular weight is 255 g/mol. The summed E-state index contributed by atoms with van der Waals surface area (Å²) >= 11 is 0. The van der Waals surface area contributed by atoms with Crippen molar-refractivity contribution in [1.82, 2.24) is 4.90 Å². The average Bonchev–Trinajstić information content (AvgIpc) is 2.37. The summed E-state index contributed by atoms with van der Waals surface area (Å²) in [5.41, 5.74) is 6.01. The summed E-state index contributed by atoms with van der Waals surface area (Å²) in [5.74, 6) is 1.46. The Balaban J connectivity index is 2.09. The van der Waals surface area contributed by atoms with Crippen LogP contribution in [0.25, 0.3) is 0 Å². The number of rotatable bonds is 7. The zero-order chi connectivity index (χ0) is 13.2. The molecule has 1 unspecified atom stereocenters. The molecule has 0 radical (unpaired) electrons. The highest BCUT2D eigenvalue weighted by atomic mass is 16.5. The van der Waals surface area contributed by atoms with Crippen molar-refractivity contribution in [2.45, 2.75) is 46.0 Å². The number of guanidine groups is 1. The van der Waals surface area contributed by atoms with Gasteiger partial charge in [-0.2, -0.15) is 0 Å². The summed E-state index contributed by atoms with van der Waals surface area (Å²) in [6, 6.07) is 0. The van der Waals surface area contributed by atoms with Crippen molar-refractivity contribution in [3.05, 3.63) is 0 Å². The number of unbranched alkanes of at least 4 members (excludes halogenated alkanes) is 1.